The molecule has 6 nitrogen and oxygen atoms in total. The number of nitro groups is 1. The summed E-state index contributed by atoms with van der Waals surface area (Å²) in [4.78, 5) is 10.0. The van der Waals surface area contributed by atoms with Gasteiger partial charge in [0.05, 0.1) is 9.95 Å². The van der Waals surface area contributed by atoms with Gasteiger partial charge < -0.3 is 4.18 Å². The van der Waals surface area contributed by atoms with Crippen LogP contribution >= 0.6 is 11.6 Å². The van der Waals surface area contributed by atoms with Crippen LogP contribution in [0.15, 0.2) is 65.6 Å². The Morgan fingerprint density at radius 2 is 1.67 bits per heavy atom. The minimum atomic E-state index is -4.11. The molecule has 0 spiro atoms. The summed E-state index contributed by atoms with van der Waals surface area (Å²) in [5.41, 5.74) is -0.254. The fourth-order valence-corrected chi connectivity index (χ4v) is 3.40. The summed E-state index contributed by atoms with van der Waals surface area (Å²) < 4.78 is 29.8. The summed E-state index contributed by atoms with van der Waals surface area (Å²) in [6, 6.07) is 15.2. The van der Waals surface area contributed by atoms with Gasteiger partial charge in [0, 0.05) is 12.1 Å². The van der Waals surface area contributed by atoms with Crippen LogP contribution in [0.5, 0.6) is 5.75 Å². The van der Waals surface area contributed by atoms with Gasteiger partial charge in [-0.05, 0) is 29.0 Å². The standard InChI is InChI=1S/C16H10ClNO5S/c17-15-10-13(18(19)20)6-8-16(15)23-24(21,22)14-7-5-11-3-1-2-4-12(11)9-14/h1-10H. The molecule has 0 bridgehead atoms. The summed E-state index contributed by atoms with van der Waals surface area (Å²) in [7, 11) is -4.11. The molecule has 0 heterocycles. The van der Waals surface area contributed by atoms with Crippen molar-refractivity contribution in [3.63, 3.8) is 0 Å². The summed E-state index contributed by atoms with van der Waals surface area (Å²) in [6.45, 7) is 0. The fourth-order valence-electron chi connectivity index (χ4n) is 2.16. The Morgan fingerprint density at radius 1 is 0.958 bits per heavy atom. The number of halogens is 1. The number of fused-ring (bicyclic) bond motifs is 1. The molecule has 0 N–H and O–H groups in total. The molecule has 24 heavy (non-hydrogen) atoms. The van der Waals surface area contributed by atoms with E-state index >= 15 is 0 Å². The van der Waals surface area contributed by atoms with Gasteiger partial charge in [0.15, 0.2) is 5.75 Å². The van der Waals surface area contributed by atoms with Crippen LogP contribution in [0.25, 0.3) is 10.8 Å². The maximum absolute atomic E-state index is 12.4. The van der Waals surface area contributed by atoms with Crippen molar-refractivity contribution < 1.29 is 17.5 Å². The Bertz CT molecular complexity index is 1050. The van der Waals surface area contributed by atoms with Gasteiger partial charge in [0.25, 0.3) is 5.69 Å². The molecule has 3 aromatic carbocycles. The molecule has 0 saturated carbocycles. The lowest BCUT2D eigenvalue weighted by atomic mass is 10.1. The van der Waals surface area contributed by atoms with Gasteiger partial charge in [-0.2, -0.15) is 8.42 Å². The summed E-state index contributed by atoms with van der Waals surface area (Å²) in [6.07, 6.45) is 0. The molecule has 0 saturated heterocycles. The third kappa shape index (κ3) is 3.17. The summed E-state index contributed by atoms with van der Waals surface area (Å²) >= 11 is 5.87. The Labute approximate surface area is 142 Å². The first-order valence-corrected chi connectivity index (χ1v) is 8.53. The van der Waals surface area contributed by atoms with E-state index in [0.29, 0.717) is 0 Å². The quantitative estimate of drug-likeness (QED) is 0.394. The monoisotopic (exact) mass is 363 g/mol. The predicted octanol–water partition coefficient (Wildman–Crippen LogP) is 4.17. The van der Waals surface area contributed by atoms with E-state index < -0.39 is 15.0 Å². The molecule has 3 rings (SSSR count). The van der Waals surface area contributed by atoms with E-state index in [9.17, 15) is 18.5 Å². The van der Waals surface area contributed by atoms with Gasteiger partial charge in [0.2, 0.25) is 0 Å². The average Bonchev–Trinajstić information content (AvgIpc) is 2.56. The normalized spacial score (nSPS) is 11.4. The second-order valence-corrected chi connectivity index (χ2v) is 6.87. The van der Waals surface area contributed by atoms with Crippen LogP contribution in [-0.2, 0) is 10.1 Å². The van der Waals surface area contributed by atoms with Crippen LogP contribution in [-0.4, -0.2) is 13.3 Å². The Morgan fingerprint density at radius 3 is 2.33 bits per heavy atom. The molecule has 0 unspecified atom stereocenters. The molecule has 8 heteroatoms. The van der Waals surface area contributed by atoms with E-state index in [1.54, 1.807) is 18.2 Å². The highest BCUT2D eigenvalue weighted by atomic mass is 35.5. The molecule has 0 fully saturated rings. The number of hydrogen-bond donors (Lipinski definition) is 0. The van der Waals surface area contributed by atoms with Crippen molar-refractivity contribution in [2.24, 2.45) is 0 Å². The first-order chi connectivity index (χ1) is 11.4. The summed E-state index contributed by atoms with van der Waals surface area (Å²) in [5.74, 6) is -0.171. The van der Waals surface area contributed by atoms with Crippen LogP contribution < -0.4 is 4.18 Å². The highest BCUT2D eigenvalue weighted by molar-refractivity contribution is 7.87. The Kier molecular flexibility index (Phi) is 4.13. The van der Waals surface area contributed by atoms with Crippen molar-refractivity contribution in [3.05, 3.63) is 75.8 Å². The average molecular weight is 364 g/mol. The van der Waals surface area contributed by atoms with Crippen molar-refractivity contribution >= 4 is 38.2 Å². The van der Waals surface area contributed by atoms with Gasteiger partial charge >= 0.3 is 10.1 Å². The van der Waals surface area contributed by atoms with E-state index in [1.165, 1.54) is 12.1 Å². The maximum Gasteiger partial charge on any atom is 0.339 e. The lowest BCUT2D eigenvalue weighted by Gasteiger charge is -2.09. The Balaban J connectivity index is 1.97. The minimum absolute atomic E-state index is 0.0318. The maximum atomic E-state index is 12.4. The molecule has 122 valence electrons. The smallest absolute Gasteiger partial charge is 0.339 e. The van der Waals surface area contributed by atoms with Crippen molar-refractivity contribution in [2.45, 2.75) is 4.90 Å². The molecule has 0 aliphatic carbocycles. The first-order valence-electron chi connectivity index (χ1n) is 6.74. The van der Waals surface area contributed by atoms with E-state index in [-0.39, 0.29) is 21.4 Å². The molecule has 0 amide bonds. The number of nitrogens with zero attached hydrogens (tertiary/aromatic N) is 1. The van der Waals surface area contributed by atoms with Gasteiger partial charge in [-0.15, -0.1) is 0 Å². The van der Waals surface area contributed by atoms with Crippen LogP contribution in [0.4, 0.5) is 5.69 Å². The first kappa shape index (κ1) is 16.2. The second-order valence-electron chi connectivity index (χ2n) is 4.92. The second kappa shape index (κ2) is 6.10. The highest BCUT2D eigenvalue weighted by Crippen LogP contribution is 2.31. The molecule has 0 aliphatic rings. The van der Waals surface area contributed by atoms with E-state index in [4.69, 9.17) is 15.8 Å². The highest BCUT2D eigenvalue weighted by Gasteiger charge is 2.20. The van der Waals surface area contributed by atoms with Crippen LogP contribution in [0.1, 0.15) is 0 Å². The number of rotatable bonds is 4. The van der Waals surface area contributed by atoms with E-state index in [1.807, 2.05) is 12.1 Å². The third-order valence-corrected chi connectivity index (χ3v) is 4.86. The predicted molar refractivity (Wildman–Crippen MR) is 89.9 cm³/mol. The van der Waals surface area contributed by atoms with Gasteiger partial charge in [-0.25, -0.2) is 0 Å². The minimum Gasteiger partial charge on any atom is -0.377 e. The molecule has 0 atom stereocenters. The van der Waals surface area contributed by atoms with E-state index in [0.717, 1.165) is 29.0 Å². The van der Waals surface area contributed by atoms with Crippen molar-refractivity contribution in [1.29, 1.82) is 0 Å². The number of nitro benzene ring substituents is 1. The zero-order valence-corrected chi connectivity index (χ0v) is 13.6. The van der Waals surface area contributed by atoms with Gasteiger partial charge in [-0.1, -0.05) is 41.9 Å². The van der Waals surface area contributed by atoms with Crippen molar-refractivity contribution in [1.82, 2.24) is 0 Å². The number of non-ortho nitro benzene ring substituents is 1. The number of hydrogen-bond acceptors (Lipinski definition) is 5. The molecule has 0 aliphatic heterocycles. The fraction of sp³-hybridized carbons (Fsp3) is 0. The van der Waals surface area contributed by atoms with Gasteiger partial charge in [-0.3, -0.25) is 10.1 Å². The molecular weight excluding hydrogens is 354 g/mol. The topological polar surface area (TPSA) is 86.5 Å². The zero-order valence-electron chi connectivity index (χ0n) is 12.0. The largest absolute Gasteiger partial charge is 0.377 e. The van der Waals surface area contributed by atoms with Crippen LogP contribution in [0.3, 0.4) is 0 Å². The van der Waals surface area contributed by atoms with Gasteiger partial charge in [0.1, 0.15) is 4.90 Å². The SMILES string of the molecule is O=[N+]([O-])c1ccc(OS(=O)(=O)c2ccc3ccccc3c2)c(Cl)c1. The third-order valence-electron chi connectivity index (χ3n) is 3.34. The molecular formula is C16H10ClNO5S. The van der Waals surface area contributed by atoms with Crippen molar-refractivity contribution in [3.8, 4) is 5.75 Å². The zero-order chi connectivity index (χ0) is 17.3. The number of benzene rings is 3. The lowest BCUT2D eigenvalue weighted by molar-refractivity contribution is -0.384. The van der Waals surface area contributed by atoms with E-state index in [2.05, 4.69) is 0 Å². The lowest BCUT2D eigenvalue weighted by Crippen LogP contribution is -2.10. The van der Waals surface area contributed by atoms with Crippen LogP contribution in [0, 0.1) is 10.1 Å². The molecule has 0 aromatic heterocycles. The molecule has 0 radical (unpaired) electrons. The van der Waals surface area contributed by atoms with Crippen molar-refractivity contribution in [2.75, 3.05) is 0 Å². The Hall–Kier alpha value is -2.64. The van der Waals surface area contributed by atoms with Crippen LogP contribution in [0.2, 0.25) is 5.02 Å². The summed E-state index contributed by atoms with van der Waals surface area (Å²) in [5, 5.41) is 12.2. The molecule has 3 aromatic rings.